The summed E-state index contributed by atoms with van der Waals surface area (Å²) < 4.78 is 0. The van der Waals surface area contributed by atoms with Crippen LogP contribution in [-0.2, 0) is 6.54 Å². The van der Waals surface area contributed by atoms with E-state index in [0.29, 0.717) is 17.1 Å². The first-order valence-electron chi connectivity index (χ1n) is 6.57. The molecule has 20 heavy (non-hydrogen) atoms. The van der Waals surface area contributed by atoms with Crippen LogP contribution in [0.25, 0.3) is 0 Å². The van der Waals surface area contributed by atoms with Gasteiger partial charge in [-0.1, -0.05) is 24.3 Å². The van der Waals surface area contributed by atoms with Crippen LogP contribution in [0.3, 0.4) is 0 Å². The molecule has 0 radical (unpaired) electrons. The lowest BCUT2D eigenvalue weighted by atomic mass is 10.1. The third kappa shape index (κ3) is 3.30. The third-order valence-electron chi connectivity index (χ3n) is 3.02. The highest BCUT2D eigenvalue weighted by molar-refractivity contribution is 7.18. The maximum Gasteiger partial charge on any atom is 0.263 e. The Morgan fingerprint density at radius 2 is 2.10 bits per heavy atom. The number of amides is 1. The SMILES string of the molecule is CCNC(=O)c1sc(NCc2ccccc2C)cc1N. The first-order chi connectivity index (χ1) is 9.61. The Morgan fingerprint density at radius 1 is 1.35 bits per heavy atom. The van der Waals surface area contributed by atoms with Gasteiger partial charge in [0.25, 0.3) is 5.91 Å². The summed E-state index contributed by atoms with van der Waals surface area (Å²) in [5, 5.41) is 6.99. The maximum atomic E-state index is 11.8. The summed E-state index contributed by atoms with van der Waals surface area (Å²) in [6.07, 6.45) is 0. The fraction of sp³-hybridized carbons (Fsp3) is 0.267. The summed E-state index contributed by atoms with van der Waals surface area (Å²) in [5.74, 6) is -0.112. The molecule has 0 spiro atoms. The van der Waals surface area contributed by atoms with Crippen LogP contribution in [-0.4, -0.2) is 12.5 Å². The van der Waals surface area contributed by atoms with Gasteiger partial charge in [0, 0.05) is 13.1 Å². The largest absolute Gasteiger partial charge is 0.397 e. The van der Waals surface area contributed by atoms with Crippen LogP contribution in [0, 0.1) is 6.92 Å². The smallest absolute Gasteiger partial charge is 0.263 e. The van der Waals surface area contributed by atoms with Crippen molar-refractivity contribution in [2.75, 3.05) is 17.6 Å². The van der Waals surface area contributed by atoms with E-state index in [9.17, 15) is 4.79 Å². The van der Waals surface area contributed by atoms with Crippen LogP contribution < -0.4 is 16.4 Å². The molecule has 0 saturated carbocycles. The Labute approximate surface area is 123 Å². The Kier molecular flexibility index (Phi) is 4.63. The molecule has 5 heteroatoms. The average molecular weight is 289 g/mol. The van der Waals surface area contributed by atoms with Gasteiger partial charge >= 0.3 is 0 Å². The van der Waals surface area contributed by atoms with E-state index in [1.165, 1.54) is 22.5 Å². The van der Waals surface area contributed by atoms with Crippen molar-refractivity contribution in [3.8, 4) is 0 Å². The lowest BCUT2D eigenvalue weighted by molar-refractivity contribution is 0.0960. The van der Waals surface area contributed by atoms with Crippen LogP contribution in [0.5, 0.6) is 0 Å². The number of hydrogen-bond donors (Lipinski definition) is 3. The molecule has 0 atom stereocenters. The fourth-order valence-electron chi connectivity index (χ4n) is 1.90. The molecule has 4 nitrogen and oxygen atoms in total. The quantitative estimate of drug-likeness (QED) is 0.792. The normalized spacial score (nSPS) is 10.3. The van der Waals surface area contributed by atoms with Gasteiger partial charge in [-0.15, -0.1) is 11.3 Å². The van der Waals surface area contributed by atoms with Crippen molar-refractivity contribution < 1.29 is 4.79 Å². The van der Waals surface area contributed by atoms with Gasteiger partial charge in [-0.3, -0.25) is 4.79 Å². The molecule has 4 N–H and O–H groups in total. The first-order valence-corrected chi connectivity index (χ1v) is 7.39. The molecule has 1 heterocycles. The molecular formula is C15H19N3OS. The zero-order valence-corrected chi connectivity index (χ0v) is 12.5. The van der Waals surface area contributed by atoms with Crippen molar-refractivity contribution in [1.29, 1.82) is 0 Å². The minimum absolute atomic E-state index is 0.112. The molecule has 0 aliphatic carbocycles. The van der Waals surface area contributed by atoms with Gasteiger partial charge in [0.1, 0.15) is 4.88 Å². The van der Waals surface area contributed by atoms with Crippen LogP contribution in [0.2, 0.25) is 0 Å². The predicted octanol–water partition coefficient (Wildman–Crippen LogP) is 3.00. The Balaban J connectivity index is 2.06. The van der Waals surface area contributed by atoms with E-state index in [4.69, 9.17) is 5.73 Å². The number of carbonyl (C=O) groups excluding carboxylic acids is 1. The van der Waals surface area contributed by atoms with Gasteiger partial charge in [-0.05, 0) is 31.0 Å². The fourth-order valence-corrected chi connectivity index (χ4v) is 2.79. The van der Waals surface area contributed by atoms with Gasteiger partial charge in [0.2, 0.25) is 0 Å². The molecule has 0 saturated heterocycles. The molecule has 0 aliphatic rings. The Bertz CT molecular complexity index is 607. The summed E-state index contributed by atoms with van der Waals surface area (Å²) in [6.45, 7) is 5.29. The second kappa shape index (κ2) is 6.43. The van der Waals surface area contributed by atoms with Gasteiger partial charge in [0.05, 0.1) is 10.7 Å². The average Bonchev–Trinajstić information content (AvgIpc) is 2.79. The van der Waals surface area contributed by atoms with E-state index >= 15 is 0 Å². The van der Waals surface area contributed by atoms with E-state index < -0.39 is 0 Å². The maximum absolute atomic E-state index is 11.8. The van der Waals surface area contributed by atoms with Crippen molar-refractivity contribution in [1.82, 2.24) is 5.32 Å². The number of anilines is 2. The summed E-state index contributed by atoms with van der Waals surface area (Å²) >= 11 is 1.38. The van der Waals surface area contributed by atoms with E-state index in [1.807, 2.05) is 25.1 Å². The minimum atomic E-state index is -0.112. The zero-order chi connectivity index (χ0) is 14.5. The molecule has 0 fully saturated rings. The third-order valence-corrected chi connectivity index (χ3v) is 4.13. The van der Waals surface area contributed by atoms with E-state index in [-0.39, 0.29) is 5.91 Å². The van der Waals surface area contributed by atoms with Crippen LogP contribution in [0.1, 0.15) is 27.7 Å². The van der Waals surface area contributed by atoms with Gasteiger partial charge in [-0.25, -0.2) is 0 Å². The number of hydrogen-bond acceptors (Lipinski definition) is 4. The number of rotatable bonds is 5. The van der Waals surface area contributed by atoms with Crippen molar-refractivity contribution >= 4 is 27.9 Å². The number of carbonyl (C=O) groups is 1. The molecule has 0 bridgehead atoms. The van der Waals surface area contributed by atoms with Gasteiger partial charge in [0.15, 0.2) is 0 Å². The second-order valence-electron chi connectivity index (χ2n) is 4.53. The van der Waals surface area contributed by atoms with Crippen LogP contribution in [0.4, 0.5) is 10.7 Å². The summed E-state index contributed by atoms with van der Waals surface area (Å²) in [4.78, 5) is 12.4. The number of aryl methyl sites for hydroxylation is 1. The van der Waals surface area contributed by atoms with Crippen molar-refractivity contribution in [2.45, 2.75) is 20.4 Å². The number of thiophene rings is 1. The van der Waals surface area contributed by atoms with Crippen molar-refractivity contribution in [3.63, 3.8) is 0 Å². The zero-order valence-electron chi connectivity index (χ0n) is 11.7. The monoisotopic (exact) mass is 289 g/mol. The molecule has 1 amide bonds. The molecule has 2 rings (SSSR count). The van der Waals surface area contributed by atoms with Crippen LogP contribution in [0.15, 0.2) is 30.3 Å². The first kappa shape index (κ1) is 14.4. The molecule has 0 unspecified atom stereocenters. The summed E-state index contributed by atoms with van der Waals surface area (Å²) in [7, 11) is 0. The number of nitrogens with one attached hydrogen (secondary N) is 2. The molecule has 0 aliphatic heterocycles. The topological polar surface area (TPSA) is 67.2 Å². The van der Waals surface area contributed by atoms with E-state index in [2.05, 4.69) is 29.7 Å². The van der Waals surface area contributed by atoms with Gasteiger partial charge < -0.3 is 16.4 Å². The Morgan fingerprint density at radius 3 is 2.80 bits per heavy atom. The minimum Gasteiger partial charge on any atom is -0.397 e. The predicted molar refractivity (Wildman–Crippen MR) is 85.2 cm³/mol. The molecule has 106 valence electrons. The van der Waals surface area contributed by atoms with E-state index in [1.54, 1.807) is 0 Å². The molecular weight excluding hydrogens is 270 g/mol. The molecule has 1 aromatic carbocycles. The molecule has 2 aromatic rings. The van der Waals surface area contributed by atoms with Crippen molar-refractivity contribution in [3.05, 3.63) is 46.3 Å². The Hall–Kier alpha value is -2.01. The van der Waals surface area contributed by atoms with Crippen molar-refractivity contribution in [2.24, 2.45) is 0 Å². The lowest BCUT2D eigenvalue weighted by Crippen LogP contribution is -2.22. The lowest BCUT2D eigenvalue weighted by Gasteiger charge is -2.06. The summed E-state index contributed by atoms with van der Waals surface area (Å²) in [5.41, 5.74) is 8.88. The number of benzene rings is 1. The number of nitrogen functional groups attached to an aromatic ring is 1. The van der Waals surface area contributed by atoms with Gasteiger partial charge in [-0.2, -0.15) is 0 Å². The summed E-state index contributed by atoms with van der Waals surface area (Å²) in [6, 6.07) is 10.0. The van der Waals surface area contributed by atoms with E-state index in [0.717, 1.165) is 11.5 Å². The highest BCUT2D eigenvalue weighted by atomic mass is 32.1. The molecule has 1 aromatic heterocycles. The highest BCUT2D eigenvalue weighted by Gasteiger charge is 2.13. The highest BCUT2D eigenvalue weighted by Crippen LogP contribution is 2.29. The standard InChI is InChI=1S/C15H19N3OS/c1-3-17-15(19)14-12(16)8-13(20-14)18-9-11-7-5-4-6-10(11)2/h4-8,18H,3,9,16H2,1-2H3,(H,17,19). The van der Waals surface area contributed by atoms with Crippen LogP contribution >= 0.6 is 11.3 Å². The number of nitrogens with two attached hydrogens (primary N) is 1. The second-order valence-corrected chi connectivity index (χ2v) is 5.59.